The Morgan fingerprint density at radius 3 is 2.84 bits per heavy atom. The lowest BCUT2D eigenvalue weighted by Crippen LogP contribution is -2.28. The Kier molecular flexibility index (Phi) is 4.83. The van der Waals surface area contributed by atoms with E-state index in [1.807, 2.05) is 30.3 Å². The zero-order valence-electron chi connectivity index (χ0n) is 10.5. The molecule has 0 amide bonds. The Bertz CT molecular complexity index is 497. The van der Waals surface area contributed by atoms with Crippen molar-refractivity contribution in [2.45, 2.75) is 19.1 Å². The van der Waals surface area contributed by atoms with Gasteiger partial charge in [0.1, 0.15) is 6.61 Å². The maximum absolute atomic E-state index is 11.7. The molecular weight excluding hydrogens is 242 g/mol. The van der Waals surface area contributed by atoms with Gasteiger partial charge in [-0.3, -0.25) is 4.79 Å². The highest BCUT2D eigenvalue weighted by Crippen LogP contribution is 2.02. The van der Waals surface area contributed by atoms with E-state index in [4.69, 9.17) is 10.5 Å². The number of rotatable bonds is 7. The quantitative estimate of drug-likeness (QED) is 0.815. The molecule has 2 N–H and O–H groups in total. The van der Waals surface area contributed by atoms with E-state index in [2.05, 4.69) is 9.97 Å². The second-order valence-electron chi connectivity index (χ2n) is 4.26. The lowest BCUT2D eigenvalue weighted by molar-refractivity contribution is -0.125. The van der Waals surface area contributed by atoms with Crippen LogP contribution in [-0.4, -0.2) is 28.4 Å². The Labute approximate surface area is 111 Å². The zero-order chi connectivity index (χ0) is 13.5. The number of aromatic nitrogens is 2. The number of benzene rings is 1. The van der Waals surface area contributed by atoms with E-state index in [0.29, 0.717) is 13.0 Å². The first kappa shape index (κ1) is 13.5. The Morgan fingerprint density at radius 1 is 1.37 bits per heavy atom. The predicted octanol–water partition coefficient (Wildman–Crippen LogP) is 1.39. The van der Waals surface area contributed by atoms with E-state index in [1.54, 1.807) is 12.5 Å². The van der Waals surface area contributed by atoms with Crippen LogP contribution in [0.15, 0.2) is 42.9 Å². The van der Waals surface area contributed by atoms with Crippen molar-refractivity contribution in [2.24, 2.45) is 0 Å². The number of Topliss-reactive ketones (excluding diaryl/α,β-unsaturated/α-hetero) is 1. The Balaban J connectivity index is 1.72. The van der Waals surface area contributed by atoms with Gasteiger partial charge in [0.25, 0.3) is 0 Å². The van der Waals surface area contributed by atoms with Gasteiger partial charge in [0, 0.05) is 12.6 Å². The molecule has 1 heterocycles. The minimum atomic E-state index is -0.820. The highest BCUT2D eigenvalue weighted by Gasteiger charge is 2.15. The van der Waals surface area contributed by atoms with Crippen molar-refractivity contribution in [1.29, 1.82) is 0 Å². The summed E-state index contributed by atoms with van der Waals surface area (Å²) < 4.78 is 5.32. The number of nitrogens with one attached hydrogen (secondary N) is 2. The van der Waals surface area contributed by atoms with Crippen LogP contribution in [0.25, 0.3) is 0 Å². The lowest BCUT2D eigenvalue weighted by atomic mass is 10.1. The standard InChI is InChI=1S/C14H16N3O2/c15-13(6-12-7-16-10-17-12)14(18)9-19-8-11-4-2-1-3-5-11/h1-5,7,10,13,15H,6,8-9H2,(H,16,17)/t13-/m0/s1. The molecule has 0 aliphatic heterocycles. The van der Waals surface area contributed by atoms with E-state index < -0.39 is 6.04 Å². The SMILES string of the molecule is [NH][C@@H](Cc1c[nH]cn1)C(=O)COCc1ccccc1. The van der Waals surface area contributed by atoms with Crippen molar-refractivity contribution >= 4 is 5.78 Å². The smallest absolute Gasteiger partial charge is 0.177 e. The minimum absolute atomic E-state index is 0.0342. The van der Waals surface area contributed by atoms with Crippen molar-refractivity contribution in [3.05, 3.63) is 54.1 Å². The molecule has 2 aromatic rings. The van der Waals surface area contributed by atoms with E-state index in [1.165, 1.54) is 0 Å². The molecule has 5 heteroatoms. The van der Waals surface area contributed by atoms with Crippen molar-refractivity contribution < 1.29 is 9.53 Å². The van der Waals surface area contributed by atoms with Crippen LogP contribution in [0.4, 0.5) is 0 Å². The number of hydrogen-bond acceptors (Lipinski definition) is 3. The zero-order valence-corrected chi connectivity index (χ0v) is 10.5. The van der Waals surface area contributed by atoms with Crippen LogP contribution in [0.1, 0.15) is 11.3 Å². The van der Waals surface area contributed by atoms with Gasteiger partial charge in [-0.25, -0.2) is 10.7 Å². The molecular formula is C14H16N3O2. The first-order chi connectivity index (χ1) is 9.25. The van der Waals surface area contributed by atoms with E-state index >= 15 is 0 Å². The fraction of sp³-hybridized carbons (Fsp3) is 0.286. The van der Waals surface area contributed by atoms with Crippen LogP contribution in [0.5, 0.6) is 0 Å². The summed E-state index contributed by atoms with van der Waals surface area (Å²) in [5, 5.41) is 0. The summed E-state index contributed by atoms with van der Waals surface area (Å²) in [6, 6.07) is 8.83. The molecule has 0 fully saturated rings. The predicted molar refractivity (Wildman–Crippen MR) is 70.3 cm³/mol. The summed E-state index contributed by atoms with van der Waals surface area (Å²) in [7, 11) is 0. The van der Waals surface area contributed by atoms with Crippen LogP contribution in [0.3, 0.4) is 0 Å². The van der Waals surface area contributed by atoms with Crippen LogP contribution in [-0.2, 0) is 22.6 Å². The lowest BCUT2D eigenvalue weighted by Gasteiger charge is -2.08. The molecule has 1 aromatic carbocycles. The first-order valence-corrected chi connectivity index (χ1v) is 6.09. The van der Waals surface area contributed by atoms with Gasteiger partial charge in [-0.05, 0) is 5.56 Å². The third-order valence-corrected chi connectivity index (χ3v) is 2.71. The molecule has 99 valence electrons. The minimum Gasteiger partial charge on any atom is -0.369 e. The molecule has 0 saturated carbocycles. The number of H-pyrrole nitrogens is 1. The number of nitrogens with zero attached hydrogens (tertiary/aromatic N) is 1. The Hall–Kier alpha value is -1.98. The summed E-state index contributed by atoms with van der Waals surface area (Å²) in [5.74, 6) is -0.223. The number of imidazole rings is 1. The molecule has 0 spiro atoms. The van der Waals surface area contributed by atoms with Crippen molar-refractivity contribution in [3.63, 3.8) is 0 Å². The van der Waals surface area contributed by atoms with Gasteiger partial charge < -0.3 is 9.72 Å². The van der Waals surface area contributed by atoms with Gasteiger partial charge in [0.15, 0.2) is 5.78 Å². The van der Waals surface area contributed by atoms with Gasteiger partial charge in [0.05, 0.1) is 24.7 Å². The monoisotopic (exact) mass is 258 g/mol. The van der Waals surface area contributed by atoms with E-state index in [0.717, 1.165) is 11.3 Å². The van der Waals surface area contributed by atoms with E-state index in [-0.39, 0.29) is 12.4 Å². The molecule has 19 heavy (non-hydrogen) atoms. The van der Waals surface area contributed by atoms with Crippen molar-refractivity contribution in [1.82, 2.24) is 15.7 Å². The highest BCUT2D eigenvalue weighted by molar-refractivity contribution is 5.85. The van der Waals surface area contributed by atoms with Gasteiger partial charge >= 0.3 is 0 Å². The molecule has 1 aromatic heterocycles. The summed E-state index contributed by atoms with van der Waals surface area (Å²) in [4.78, 5) is 18.5. The number of carbonyl (C=O) groups is 1. The van der Waals surface area contributed by atoms with Crippen LogP contribution < -0.4 is 5.73 Å². The number of ether oxygens (including phenoxy) is 1. The number of aromatic amines is 1. The average molecular weight is 258 g/mol. The summed E-state index contributed by atoms with van der Waals surface area (Å²) >= 11 is 0. The molecule has 0 aliphatic carbocycles. The summed E-state index contributed by atoms with van der Waals surface area (Å²) in [6.07, 6.45) is 3.55. The third kappa shape index (κ3) is 4.31. The fourth-order valence-electron chi connectivity index (χ4n) is 1.67. The third-order valence-electron chi connectivity index (χ3n) is 2.71. The normalized spacial score (nSPS) is 12.3. The summed E-state index contributed by atoms with van der Waals surface area (Å²) in [5.41, 5.74) is 9.49. The molecule has 0 saturated heterocycles. The number of hydrogen-bond donors (Lipinski definition) is 1. The Morgan fingerprint density at radius 2 is 2.16 bits per heavy atom. The molecule has 0 bridgehead atoms. The number of carbonyl (C=O) groups excluding carboxylic acids is 1. The second kappa shape index (κ2) is 6.82. The maximum atomic E-state index is 11.7. The molecule has 2 rings (SSSR count). The van der Waals surface area contributed by atoms with Gasteiger partial charge in [-0.2, -0.15) is 0 Å². The van der Waals surface area contributed by atoms with Crippen LogP contribution >= 0.6 is 0 Å². The molecule has 0 aliphatic rings. The summed E-state index contributed by atoms with van der Waals surface area (Å²) in [6.45, 7) is 0.356. The van der Waals surface area contributed by atoms with E-state index in [9.17, 15) is 4.79 Å². The van der Waals surface area contributed by atoms with Crippen LogP contribution in [0, 0.1) is 0 Å². The highest BCUT2D eigenvalue weighted by atomic mass is 16.5. The maximum Gasteiger partial charge on any atom is 0.177 e. The molecule has 0 unspecified atom stereocenters. The van der Waals surface area contributed by atoms with Gasteiger partial charge in [-0.1, -0.05) is 30.3 Å². The topological polar surface area (TPSA) is 78.8 Å². The fourth-order valence-corrected chi connectivity index (χ4v) is 1.67. The van der Waals surface area contributed by atoms with Gasteiger partial charge in [-0.15, -0.1) is 0 Å². The molecule has 1 radical (unpaired) electrons. The largest absolute Gasteiger partial charge is 0.369 e. The molecule has 1 atom stereocenters. The first-order valence-electron chi connectivity index (χ1n) is 6.09. The second-order valence-corrected chi connectivity index (χ2v) is 4.26. The van der Waals surface area contributed by atoms with Crippen LogP contribution in [0.2, 0.25) is 0 Å². The molecule has 5 nitrogen and oxygen atoms in total. The number of ketones is 1. The van der Waals surface area contributed by atoms with Crippen molar-refractivity contribution in [3.8, 4) is 0 Å². The van der Waals surface area contributed by atoms with Gasteiger partial charge in [0.2, 0.25) is 0 Å². The van der Waals surface area contributed by atoms with Crippen molar-refractivity contribution in [2.75, 3.05) is 6.61 Å². The average Bonchev–Trinajstić information content (AvgIpc) is 2.92.